The lowest BCUT2D eigenvalue weighted by molar-refractivity contribution is -0.0199. The highest BCUT2D eigenvalue weighted by atomic mass is 35.5. The number of ether oxygens (including phenoxy) is 5. The number of aliphatic hydroxyl groups excluding tert-OH is 2. The molecule has 0 aromatic carbocycles. The number of halogens is 1. The first-order chi connectivity index (χ1) is 10.3. The van der Waals surface area contributed by atoms with Gasteiger partial charge in [0.15, 0.2) is 0 Å². The lowest BCUT2D eigenvalue weighted by atomic mass is 10.4. The van der Waals surface area contributed by atoms with Crippen LogP contribution in [0.4, 0.5) is 0 Å². The van der Waals surface area contributed by atoms with Crippen LogP contribution in [0.25, 0.3) is 0 Å². The predicted molar refractivity (Wildman–Crippen MR) is 77.9 cm³/mol. The van der Waals surface area contributed by atoms with Gasteiger partial charge in [0.1, 0.15) is 0 Å². The third-order valence-electron chi connectivity index (χ3n) is 2.21. The van der Waals surface area contributed by atoms with Gasteiger partial charge in [-0.15, -0.1) is 11.6 Å². The molecule has 2 N–H and O–H groups in total. The summed E-state index contributed by atoms with van der Waals surface area (Å²) in [5, 5.41) is 17.6. The van der Waals surface area contributed by atoms with Crippen molar-refractivity contribution in [2.24, 2.45) is 0 Å². The summed E-state index contributed by atoms with van der Waals surface area (Å²) in [6.07, 6.45) is -0.621. The first-order valence-corrected chi connectivity index (χ1v) is 7.58. The molecule has 0 amide bonds. The lowest BCUT2D eigenvalue weighted by Gasteiger charge is -2.09. The zero-order valence-corrected chi connectivity index (χ0v) is 13.1. The average molecular weight is 331 g/mol. The van der Waals surface area contributed by atoms with E-state index in [-0.39, 0.29) is 19.1 Å². The molecule has 0 saturated carbocycles. The van der Waals surface area contributed by atoms with E-state index in [0.29, 0.717) is 59.5 Å². The van der Waals surface area contributed by atoms with E-state index < -0.39 is 6.10 Å². The summed E-state index contributed by atoms with van der Waals surface area (Å²) in [6, 6.07) is 0. The molecule has 0 aliphatic rings. The van der Waals surface area contributed by atoms with Crippen LogP contribution in [-0.4, -0.2) is 94.9 Å². The molecule has 128 valence electrons. The average Bonchev–Trinajstić information content (AvgIpc) is 2.50. The van der Waals surface area contributed by atoms with Crippen LogP contribution >= 0.6 is 11.6 Å². The Bertz CT molecular complexity index is 197. The molecular formula is C13H27ClO7. The van der Waals surface area contributed by atoms with E-state index in [0.717, 1.165) is 0 Å². The molecule has 1 unspecified atom stereocenters. The lowest BCUT2D eigenvalue weighted by Crippen LogP contribution is -2.19. The van der Waals surface area contributed by atoms with Crippen LogP contribution < -0.4 is 0 Å². The zero-order chi connectivity index (χ0) is 15.6. The molecule has 0 radical (unpaired) electrons. The molecule has 0 aliphatic heterocycles. The van der Waals surface area contributed by atoms with Crippen LogP contribution in [0.1, 0.15) is 0 Å². The van der Waals surface area contributed by atoms with Gasteiger partial charge in [0, 0.05) is 0 Å². The number of hydrogen-bond acceptors (Lipinski definition) is 7. The summed E-state index contributed by atoms with van der Waals surface area (Å²) in [5.41, 5.74) is 0. The van der Waals surface area contributed by atoms with E-state index in [9.17, 15) is 0 Å². The summed E-state index contributed by atoms with van der Waals surface area (Å²) in [7, 11) is 0. The van der Waals surface area contributed by atoms with E-state index in [2.05, 4.69) is 0 Å². The fourth-order valence-electron chi connectivity index (χ4n) is 1.21. The third-order valence-corrected chi connectivity index (χ3v) is 2.57. The molecule has 0 rings (SSSR count). The van der Waals surface area contributed by atoms with Crippen molar-refractivity contribution in [3.8, 4) is 0 Å². The van der Waals surface area contributed by atoms with Crippen LogP contribution in [0, 0.1) is 0 Å². The number of alkyl halides is 1. The summed E-state index contributed by atoms with van der Waals surface area (Å²) in [5.74, 6) is 0.171. The summed E-state index contributed by atoms with van der Waals surface area (Å²) < 4.78 is 26.0. The SMILES string of the molecule is OCCOCCOCCOCCOCCOCC(O)CCl. The normalized spacial score (nSPS) is 12.7. The van der Waals surface area contributed by atoms with Gasteiger partial charge in [-0.3, -0.25) is 0 Å². The molecule has 7 nitrogen and oxygen atoms in total. The summed E-state index contributed by atoms with van der Waals surface area (Å²) in [6.45, 7) is 4.42. The van der Waals surface area contributed by atoms with Gasteiger partial charge in [-0.1, -0.05) is 0 Å². The maximum absolute atomic E-state index is 9.11. The molecule has 0 fully saturated rings. The van der Waals surface area contributed by atoms with Crippen LogP contribution in [0.5, 0.6) is 0 Å². The molecule has 0 saturated heterocycles. The highest BCUT2D eigenvalue weighted by Gasteiger charge is 2.00. The molecule has 21 heavy (non-hydrogen) atoms. The van der Waals surface area contributed by atoms with Gasteiger partial charge in [0.2, 0.25) is 0 Å². The molecule has 0 spiro atoms. The van der Waals surface area contributed by atoms with Crippen LogP contribution in [-0.2, 0) is 23.7 Å². The first-order valence-electron chi connectivity index (χ1n) is 7.04. The minimum atomic E-state index is -0.621. The number of hydrogen-bond donors (Lipinski definition) is 2. The summed E-state index contributed by atoms with van der Waals surface area (Å²) >= 11 is 5.41. The smallest absolute Gasteiger partial charge is 0.0908 e. The van der Waals surface area contributed by atoms with Crippen molar-refractivity contribution < 1.29 is 33.9 Å². The van der Waals surface area contributed by atoms with Crippen LogP contribution in [0.2, 0.25) is 0 Å². The quantitative estimate of drug-likeness (QED) is 0.279. The number of aliphatic hydroxyl groups is 2. The van der Waals surface area contributed by atoms with Crippen molar-refractivity contribution in [2.75, 3.05) is 78.6 Å². The maximum atomic E-state index is 9.11. The minimum Gasteiger partial charge on any atom is -0.394 e. The van der Waals surface area contributed by atoms with E-state index in [4.69, 9.17) is 45.5 Å². The Balaban J connectivity index is 2.96. The molecule has 0 aromatic rings. The second-order valence-corrected chi connectivity index (χ2v) is 4.36. The third kappa shape index (κ3) is 18.0. The Morgan fingerprint density at radius 2 is 1.05 bits per heavy atom. The first kappa shape index (κ1) is 21.0. The largest absolute Gasteiger partial charge is 0.394 e. The zero-order valence-electron chi connectivity index (χ0n) is 12.4. The van der Waals surface area contributed by atoms with E-state index >= 15 is 0 Å². The fraction of sp³-hybridized carbons (Fsp3) is 1.00. The van der Waals surface area contributed by atoms with Crippen LogP contribution in [0.3, 0.4) is 0 Å². The van der Waals surface area contributed by atoms with Gasteiger partial charge in [-0.2, -0.15) is 0 Å². The standard InChI is InChI=1S/C13H27ClO7/c14-11-13(16)12-21-10-9-20-8-7-19-6-5-18-4-3-17-2-1-15/h13,15-16H,1-12H2. The molecule has 0 aliphatic carbocycles. The van der Waals surface area contributed by atoms with Gasteiger partial charge in [0.25, 0.3) is 0 Å². The highest BCUT2D eigenvalue weighted by Crippen LogP contribution is 1.89. The molecule has 0 aromatic heterocycles. The van der Waals surface area contributed by atoms with Gasteiger partial charge >= 0.3 is 0 Å². The molecule has 0 bridgehead atoms. The van der Waals surface area contributed by atoms with Crippen LogP contribution in [0.15, 0.2) is 0 Å². The minimum absolute atomic E-state index is 0.0292. The van der Waals surface area contributed by atoms with Crippen molar-refractivity contribution in [2.45, 2.75) is 6.10 Å². The molecule has 0 heterocycles. The number of rotatable bonds is 17. The molecule has 1 atom stereocenters. The van der Waals surface area contributed by atoms with E-state index in [1.165, 1.54) is 0 Å². The van der Waals surface area contributed by atoms with Crippen molar-refractivity contribution in [3.05, 3.63) is 0 Å². The molecule has 8 heteroatoms. The van der Waals surface area contributed by atoms with Crippen molar-refractivity contribution >= 4 is 11.6 Å². The fourth-order valence-corrected chi connectivity index (χ4v) is 1.30. The summed E-state index contributed by atoms with van der Waals surface area (Å²) in [4.78, 5) is 0. The Kier molecular flexibility index (Phi) is 18.1. The van der Waals surface area contributed by atoms with Crippen molar-refractivity contribution in [1.29, 1.82) is 0 Å². The predicted octanol–water partition coefficient (Wildman–Crippen LogP) is -0.339. The van der Waals surface area contributed by atoms with E-state index in [1.807, 2.05) is 0 Å². The second-order valence-electron chi connectivity index (χ2n) is 4.06. The van der Waals surface area contributed by atoms with Gasteiger partial charge in [0.05, 0.1) is 84.7 Å². The Hall–Kier alpha value is 0.01000. The van der Waals surface area contributed by atoms with Gasteiger partial charge in [-0.25, -0.2) is 0 Å². The molecular weight excluding hydrogens is 304 g/mol. The second kappa shape index (κ2) is 18.1. The van der Waals surface area contributed by atoms with Gasteiger partial charge < -0.3 is 33.9 Å². The highest BCUT2D eigenvalue weighted by molar-refractivity contribution is 6.18. The Morgan fingerprint density at radius 3 is 1.43 bits per heavy atom. The maximum Gasteiger partial charge on any atom is 0.0908 e. The van der Waals surface area contributed by atoms with Crippen molar-refractivity contribution in [3.63, 3.8) is 0 Å². The van der Waals surface area contributed by atoms with E-state index in [1.54, 1.807) is 0 Å². The Labute approximate surface area is 131 Å². The van der Waals surface area contributed by atoms with Crippen molar-refractivity contribution in [1.82, 2.24) is 0 Å². The topological polar surface area (TPSA) is 86.6 Å². The Morgan fingerprint density at radius 1 is 0.667 bits per heavy atom. The van der Waals surface area contributed by atoms with Gasteiger partial charge in [-0.05, 0) is 0 Å². The monoisotopic (exact) mass is 330 g/mol.